The van der Waals surface area contributed by atoms with Crippen LogP contribution in [0.4, 0.5) is 4.39 Å². The van der Waals surface area contributed by atoms with Crippen molar-refractivity contribution in [2.24, 2.45) is 11.8 Å². The maximum atomic E-state index is 13.0. The molecule has 1 aromatic heterocycles. The highest BCUT2D eigenvalue weighted by Gasteiger charge is 2.21. The first kappa shape index (κ1) is 18.6. The van der Waals surface area contributed by atoms with Crippen LogP contribution in [-0.4, -0.2) is 33.3 Å². The van der Waals surface area contributed by atoms with Gasteiger partial charge in [0.15, 0.2) is 5.69 Å². The molecule has 1 amide bonds. The van der Waals surface area contributed by atoms with Crippen LogP contribution in [0.1, 0.15) is 36.3 Å². The molecule has 1 heterocycles. The summed E-state index contributed by atoms with van der Waals surface area (Å²) in [7, 11) is 0. The van der Waals surface area contributed by atoms with E-state index in [1.807, 2.05) is 13.8 Å². The second-order valence-electron chi connectivity index (χ2n) is 6.46. The maximum Gasteiger partial charge on any atom is 0.308 e. The van der Waals surface area contributed by atoms with E-state index in [4.69, 9.17) is 0 Å². The molecule has 0 radical (unpaired) electrons. The largest absolute Gasteiger partial charge is 0.481 e. The average molecular weight is 347 g/mol. The number of hydrogen-bond acceptors (Lipinski definition) is 3. The molecule has 1 aromatic carbocycles. The van der Waals surface area contributed by atoms with Crippen LogP contribution in [0, 0.1) is 24.6 Å². The normalized spacial score (nSPS) is 12.2. The number of nitrogens with zero attached hydrogens (tertiary/aromatic N) is 2. The number of hydrogen-bond donors (Lipinski definition) is 2. The topological polar surface area (TPSA) is 84.2 Å². The summed E-state index contributed by atoms with van der Waals surface area (Å²) in [6.07, 6.45) is 2.16. The number of carbonyl (C=O) groups excluding carboxylic acids is 1. The Bertz CT molecular complexity index is 753. The number of carboxylic acid groups (broad SMARTS) is 1. The molecule has 134 valence electrons. The molecule has 0 aliphatic heterocycles. The number of carbonyl (C=O) groups is 2. The van der Waals surface area contributed by atoms with Gasteiger partial charge in [-0.25, -0.2) is 9.07 Å². The molecular weight excluding hydrogens is 325 g/mol. The van der Waals surface area contributed by atoms with E-state index in [0.717, 1.165) is 0 Å². The van der Waals surface area contributed by atoms with E-state index < -0.39 is 17.8 Å². The van der Waals surface area contributed by atoms with Crippen LogP contribution in [0.2, 0.25) is 0 Å². The Hall–Kier alpha value is -2.70. The third-order valence-corrected chi connectivity index (χ3v) is 3.82. The van der Waals surface area contributed by atoms with E-state index in [-0.39, 0.29) is 24.0 Å². The van der Waals surface area contributed by atoms with Crippen LogP contribution < -0.4 is 5.32 Å². The first-order chi connectivity index (χ1) is 11.8. The van der Waals surface area contributed by atoms with Gasteiger partial charge in [-0.2, -0.15) is 5.10 Å². The number of aryl methyl sites for hydroxylation is 1. The standard InChI is InChI=1S/C18H22FN3O3/c1-11(2)8-13(18(24)25)9-20-17(23)16-12(3)10-22(21-16)15-6-4-14(19)5-7-15/h4-7,10-11,13H,8-9H2,1-3H3,(H,20,23)(H,24,25). The van der Waals surface area contributed by atoms with Gasteiger partial charge in [0, 0.05) is 18.3 Å². The Morgan fingerprint density at radius 1 is 1.28 bits per heavy atom. The van der Waals surface area contributed by atoms with Gasteiger partial charge in [0.25, 0.3) is 5.91 Å². The zero-order chi connectivity index (χ0) is 18.6. The summed E-state index contributed by atoms with van der Waals surface area (Å²) >= 11 is 0. The molecule has 0 saturated carbocycles. The molecule has 0 saturated heterocycles. The van der Waals surface area contributed by atoms with E-state index in [2.05, 4.69) is 10.4 Å². The lowest BCUT2D eigenvalue weighted by atomic mass is 9.97. The fraction of sp³-hybridized carbons (Fsp3) is 0.389. The summed E-state index contributed by atoms with van der Waals surface area (Å²) in [6, 6.07) is 5.75. The molecule has 1 atom stereocenters. The highest BCUT2D eigenvalue weighted by atomic mass is 19.1. The minimum absolute atomic E-state index is 0.0508. The molecule has 25 heavy (non-hydrogen) atoms. The monoisotopic (exact) mass is 347 g/mol. The number of halogens is 1. The van der Waals surface area contributed by atoms with Crippen molar-refractivity contribution in [2.45, 2.75) is 27.2 Å². The van der Waals surface area contributed by atoms with Gasteiger partial charge < -0.3 is 10.4 Å². The van der Waals surface area contributed by atoms with Crippen LogP contribution in [0.15, 0.2) is 30.5 Å². The van der Waals surface area contributed by atoms with Gasteiger partial charge in [-0.05, 0) is 43.5 Å². The fourth-order valence-corrected chi connectivity index (χ4v) is 2.55. The van der Waals surface area contributed by atoms with Crippen molar-refractivity contribution in [3.63, 3.8) is 0 Å². The summed E-state index contributed by atoms with van der Waals surface area (Å²) in [5.41, 5.74) is 1.50. The molecule has 2 rings (SSSR count). The van der Waals surface area contributed by atoms with Crippen molar-refractivity contribution in [1.82, 2.24) is 15.1 Å². The maximum absolute atomic E-state index is 13.0. The van der Waals surface area contributed by atoms with E-state index in [0.29, 0.717) is 17.7 Å². The number of benzene rings is 1. The molecule has 0 bridgehead atoms. The molecule has 2 N–H and O–H groups in total. The van der Waals surface area contributed by atoms with Crippen molar-refractivity contribution < 1.29 is 19.1 Å². The van der Waals surface area contributed by atoms with E-state index >= 15 is 0 Å². The molecule has 1 unspecified atom stereocenters. The lowest BCUT2D eigenvalue weighted by molar-refractivity contribution is -0.142. The quantitative estimate of drug-likeness (QED) is 0.807. The third-order valence-electron chi connectivity index (χ3n) is 3.82. The summed E-state index contributed by atoms with van der Waals surface area (Å²) in [6.45, 7) is 5.67. The minimum atomic E-state index is -0.928. The average Bonchev–Trinajstić information content (AvgIpc) is 2.93. The number of nitrogens with one attached hydrogen (secondary N) is 1. The van der Waals surface area contributed by atoms with Gasteiger partial charge in [0.2, 0.25) is 0 Å². The van der Waals surface area contributed by atoms with Crippen LogP contribution >= 0.6 is 0 Å². The Balaban J connectivity index is 2.09. The number of amides is 1. The van der Waals surface area contributed by atoms with Gasteiger partial charge in [-0.1, -0.05) is 13.8 Å². The smallest absolute Gasteiger partial charge is 0.308 e. The van der Waals surface area contributed by atoms with Gasteiger partial charge in [-0.15, -0.1) is 0 Å². The zero-order valence-electron chi connectivity index (χ0n) is 14.5. The van der Waals surface area contributed by atoms with Crippen molar-refractivity contribution in [3.8, 4) is 5.69 Å². The first-order valence-electron chi connectivity index (χ1n) is 8.11. The molecule has 0 fully saturated rings. The molecule has 0 spiro atoms. The van der Waals surface area contributed by atoms with Crippen LogP contribution in [-0.2, 0) is 4.79 Å². The SMILES string of the molecule is Cc1cn(-c2ccc(F)cc2)nc1C(=O)NCC(CC(C)C)C(=O)O. The van der Waals surface area contributed by atoms with Gasteiger partial charge >= 0.3 is 5.97 Å². The fourth-order valence-electron chi connectivity index (χ4n) is 2.55. The summed E-state index contributed by atoms with van der Waals surface area (Å²) in [4.78, 5) is 23.6. The van der Waals surface area contributed by atoms with Crippen molar-refractivity contribution >= 4 is 11.9 Å². The van der Waals surface area contributed by atoms with Crippen molar-refractivity contribution in [3.05, 3.63) is 47.5 Å². The van der Waals surface area contributed by atoms with Crippen molar-refractivity contribution in [2.75, 3.05) is 6.54 Å². The lowest BCUT2D eigenvalue weighted by Crippen LogP contribution is -2.34. The van der Waals surface area contributed by atoms with E-state index in [9.17, 15) is 19.1 Å². The highest BCUT2D eigenvalue weighted by Crippen LogP contribution is 2.14. The van der Waals surface area contributed by atoms with Gasteiger partial charge in [-0.3, -0.25) is 9.59 Å². The zero-order valence-corrected chi connectivity index (χ0v) is 14.5. The van der Waals surface area contributed by atoms with Crippen LogP contribution in [0.25, 0.3) is 5.69 Å². The summed E-state index contributed by atoms with van der Waals surface area (Å²) < 4.78 is 14.5. The predicted molar refractivity (Wildman–Crippen MR) is 91.2 cm³/mol. The molecule has 0 aliphatic carbocycles. The van der Waals surface area contributed by atoms with Gasteiger partial charge in [0.05, 0.1) is 11.6 Å². The highest BCUT2D eigenvalue weighted by molar-refractivity contribution is 5.93. The van der Waals surface area contributed by atoms with Crippen LogP contribution in [0.5, 0.6) is 0 Å². The van der Waals surface area contributed by atoms with Gasteiger partial charge in [0.1, 0.15) is 5.82 Å². The second kappa shape index (κ2) is 7.92. The number of aliphatic carboxylic acids is 1. The molecule has 0 aliphatic rings. The minimum Gasteiger partial charge on any atom is -0.481 e. The summed E-state index contributed by atoms with van der Waals surface area (Å²) in [5.74, 6) is -2.12. The van der Waals surface area contributed by atoms with Crippen molar-refractivity contribution in [1.29, 1.82) is 0 Å². The Kier molecular flexibility index (Phi) is 5.90. The predicted octanol–water partition coefficient (Wildman–Crippen LogP) is 2.80. The molecule has 7 heteroatoms. The third kappa shape index (κ3) is 4.89. The van der Waals surface area contributed by atoms with Crippen LogP contribution in [0.3, 0.4) is 0 Å². The summed E-state index contributed by atoms with van der Waals surface area (Å²) in [5, 5.41) is 16.1. The molecule has 6 nitrogen and oxygen atoms in total. The number of aromatic nitrogens is 2. The molecule has 2 aromatic rings. The molecular formula is C18H22FN3O3. The van der Waals surface area contributed by atoms with E-state index in [1.165, 1.54) is 16.8 Å². The Morgan fingerprint density at radius 3 is 2.48 bits per heavy atom. The Morgan fingerprint density at radius 2 is 1.92 bits per heavy atom. The lowest BCUT2D eigenvalue weighted by Gasteiger charge is -2.15. The van der Waals surface area contributed by atoms with E-state index in [1.54, 1.807) is 25.3 Å². The second-order valence-corrected chi connectivity index (χ2v) is 6.46. The number of carboxylic acids is 1. The first-order valence-corrected chi connectivity index (χ1v) is 8.11. The Labute approximate surface area is 145 Å². The number of rotatable bonds is 7.